The first kappa shape index (κ1) is 11.2. The Morgan fingerprint density at radius 2 is 2.19 bits per heavy atom. The summed E-state index contributed by atoms with van der Waals surface area (Å²) in [5.74, 6) is -0.151. The molecule has 0 saturated carbocycles. The van der Waals surface area contributed by atoms with Gasteiger partial charge in [-0.15, -0.1) is 11.8 Å². The van der Waals surface area contributed by atoms with Crippen molar-refractivity contribution in [3.8, 4) is 0 Å². The van der Waals surface area contributed by atoms with Crippen LogP contribution < -0.4 is 5.32 Å². The van der Waals surface area contributed by atoms with Crippen LogP contribution in [-0.4, -0.2) is 28.2 Å². The van der Waals surface area contributed by atoms with Crippen molar-refractivity contribution in [1.82, 2.24) is 5.32 Å². The minimum atomic E-state index is -0.775. The molecule has 0 bridgehead atoms. The summed E-state index contributed by atoms with van der Waals surface area (Å²) in [5, 5.41) is 12.0. The highest BCUT2D eigenvalue weighted by atomic mass is 32.2. The van der Waals surface area contributed by atoms with E-state index in [-0.39, 0.29) is 5.37 Å². The van der Waals surface area contributed by atoms with Gasteiger partial charge in [0.2, 0.25) is 0 Å². The summed E-state index contributed by atoms with van der Waals surface area (Å²) < 4.78 is 0. The molecular weight excluding hydrogens is 222 g/mol. The highest BCUT2D eigenvalue weighted by molar-refractivity contribution is 8.00. The van der Waals surface area contributed by atoms with Crippen molar-refractivity contribution in [2.45, 2.75) is 11.4 Å². The molecule has 1 saturated heterocycles. The average molecular weight is 235 g/mol. The Kier molecular flexibility index (Phi) is 3.64. The zero-order valence-electron chi connectivity index (χ0n) is 8.67. The Hall–Kier alpha value is -1.26. The van der Waals surface area contributed by atoms with Crippen molar-refractivity contribution in [2.24, 2.45) is 0 Å². The van der Waals surface area contributed by atoms with E-state index >= 15 is 0 Å². The quantitative estimate of drug-likeness (QED) is 0.839. The summed E-state index contributed by atoms with van der Waals surface area (Å²) in [4.78, 5) is 10.7. The maximum atomic E-state index is 10.7. The Morgan fingerprint density at radius 1 is 1.44 bits per heavy atom. The molecule has 1 heterocycles. The maximum Gasteiger partial charge on any atom is 0.321 e. The Balaban J connectivity index is 1.92. The van der Waals surface area contributed by atoms with Crippen molar-refractivity contribution in [2.75, 3.05) is 5.75 Å². The Labute approximate surface area is 98.6 Å². The molecule has 3 nitrogen and oxygen atoms in total. The summed E-state index contributed by atoms with van der Waals surface area (Å²) >= 11 is 1.62. The van der Waals surface area contributed by atoms with Gasteiger partial charge >= 0.3 is 5.97 Å². The lowest BCUT2D eigenvalue weighted by Crippen LogP contribution is -2.35. The third kappa shape index (κ3) is 2.87. The number of benzene rings is 1. The Bertz CT molecular complexity index is 391. The fraction of sp³-hybridized carbons (Fsp3) is 0.250. The summed E-state index contributed by atoms with van der Waals surface area (Å²) in [6.45, 7) is 0. The SMILES string of the molecule is O=C(O)C1CSC(C=Cc2ccccc2)N1. The van der Waals surface area contributed by atoms with Crippen LogP contribution in [0.2, 0.25) is 0 Å². The van der Waals surface area contributed by atoms with E-state index in [2.05, 4.69) is 5.32 Å². The molecule has 0 spiro atoms. The second-order valence-corrected chi connectivity index (χ2v) is 4.76. The van der Waals surface area contributed by atoms with Gasteiger partial charge in [-0.1, -0.05) is 42.5 Å². The van der Waals surface area contributed by atoms with Crippen LogP contribution in [0.15, 0.2) is 36.4 Å². The van der Waals surface area contributed by atoms with Gasteiger partial charge in [-0.2, -0.15) is 0 Å². The first-order chi connectivity index (χ1) is 7.75. The van der Waals surface area contributed by atoms with Crippen molar-refractivity contribution in [3.05, 3.63) is 42.0 Å². The lowest BCUT2D eigenvalue weighted by atomic mass is 10.2. The van der Waals surface area contributed by atoms with Crippen LogP contribution in [0.4, 0.5) is 0 Å². The van der Waals surface area contributed by atoms with E-state index in [0.29, 0.717) is 5.75 Å². The largest absolute Gasteiger partial charge is 0.480 e. The molecule has 1 aromatic carbocycles. The van der Waals surface area contributed by atoms with Crippen molar-refractivity contribution < 1.29 is 9.90 Å². The number of carboxylic acids is 1. The van der Waals surface area contributed by atoms with Gasteiger partial charge in [0.1, 0.15) is 6.04 Å². The number of carbonyl (C=O) groups is 1. The number of carboxylic acid groups (broad SMARTS) is 1. The highest BCUT2D eigenvalue weighted by Gasteiger charge is 2.27. The molecule has 16 heavy (non-hydrogen) atoms. The molecule has 0 aliphatic carbocycles. The first-order valence-corrected chi connectivity index (χ1v) is 6.14. The fourth-order valence-corrected chi connectivity index (χ4v) is 2.60. The number of nitrogens with one attached hydrogen (secondary N) is 1. The molecule has 1 aliphatic rings. The number of hydrogen-bond donors (Lipinski definition) is 2. The first-order valence-electron chi connectivity index (χ1n) is 5.09. The lowest BCUT2D eigenvalue weighted by Gasteiger charge is -2.05. The molecule has 0 amide bonds. The predicted octanol–water partition coefficient (Wildman–Crippen LogP) is 1.82. The molecule has 1 fully saturated rings. The smallest absolute Gasteiger partial charge is 0.321 e. The van der Waals surface area contributed by atoms with Crippen LogP contribution in [0.25, 0.3) is 6.08 Å². The van der Waals surface area contributed by atoms with Crippen molar-refractivity contribution in [1.29, 1.82) is 0 Å². The molecule has 1 aromatic rings. The second-order valence-electron chi connectivity index (χ2n) is 3.58. The minimum Gasteiger partial charge on any atom is -0.480 e. The van der Waals surface area contributed by atoms with Crippen LogP contribution in [0.5, 0.6) is 0 Å². The van der Waals surface area contributed by atoms with Gasteiger partial charge in [-0.25, -0.2) is 0 Å². The zero-order valence-corrected chi connectivity index (χ0v) is 9.48. The van der Waals surface area contributed by atoms with E-state index in [1.165, 1.54) is 0 Å². The molecule has 84 valence electrons. The molecule has 1 aliphatic heterocycles. The maximum absolute atomic E-state index is 10.7. The van der Waals surface area contributed by atoms with Gasteiger partial charge in [0.05, 0.1) is 5.37 Å². The fourth-order valence-electron chi connectivity index (χ4n) is 1.51. The third-order valence-corrected chi connectivity index (χ3v) is 3.55. The van der Waals surface area contributed by atoms with E-state index in [9.17, 15) is 4.79 Å². The predicted molar refractivity (Wildman–Crippen MR) is 66.3 cm³/mol. The van der Waals surface area contributed by atoms with E-state index in [4.69, 9.17) is 5.11 Å². The third-order valence-electron chi connectivity index (χ3n) is 2.37. The van der Waals surface area contributed by atoms with Gasteiger partial charge < -0.3 is 5.11 Å². The summed E-state index contributed by atoms with van der Waals surface area (Å²) in [7, 11) is 0. The molecule has 4 heteroatoms. The molecule has 2 rings (SSSR count). The standard InChI is InChI=1S/C12H13NO2S/c14-12(15)10-8-16-11(13-10)7-6-9-4-2-1-3-5-9/h1-7,10-11,13H,8H2,(H,14,15). The second kappa shape index (κ2) is 5.18. The van der Waals surface area contributed by atoms with Gasteiger partial charge in [0.25, 0.3) is 0 Å². The monoisotopic (exact) mass is 235 g/mol. The number of rotatable bonds is 3. The van der Waals surface area contributed by atoms with Gasteiger partial charge in [0, 0.05) is 5.75 Å². The lowest BCUT2D eigenvalue weighted by molar-refractivity contribution is -0.138. The van der Waals surface area contributed by atoms with Crippen LogP contribution in [0.3, 0.4) is 0 Å². The molecule has 2 atom stereocenters. The topological polar surface area (TPSA) is 49.3 Å². The average Bonchev–Trinajstić information content (AvgIpc) is 2.76. The summed E-state index contributed by atoms with van der Waals surface area (Å²) in [6.07, 6.45) is 4.01. The normalized spacial score (nSPS) is 25.0. The number of hydrogen-bond acceptors (Lipinski definition) is 3. The van der Waals surface area contributed by atoms with E-state index < -0.39 is 12.0 Å². The number of aliphatic carboxylic acids is 1. The van der Waals surface area contributed by atoms with Gasteiger partial charge in [-0.05, 0) is 5.56 Å². The van der Waals surface area contributed by atoms with Gasteiger partial charge in [0.15, 0.2) is 0 Å². The minimum absolute atomic E-state index is 0.0984. The van der Waals surface area contributed by atoms with Crippen molar-refractivity contribution in [3.63, 3.8) is 0 Å². The highest BCUT2D eigenvalue weighted by Crippen LogP contribution is 2.20. The molecular formula is C12H13NO2S. The molecule has 2 unspecified atom stereocenters. The van der Waals surface area contributed by atoms with E-state index in [1.807, 2.05) is 42.5 Å². The molecule has 0 aromatic heterocycles. The van der Waals surface area contributed by atoms with Crippen LogP contribution >= 0.6 is 11.8 Å². The zero-order chi connectivity index (χ0) is 11.4. The van der Waals surface area contributed by atoms with Crippen LogP contribution in [0.1, 0.15) is 5.56 Å². The molecule has 0 radical (unpaired) electrons. The summed E-state index contributed by atoms with van der Waals surface area (Å²) in [6, 6.07) is 9.55. The van der Waals surface area contributed by atoms with Crippen LogP contribution in [0, 0.1) is 0 Å². The van der Waals surface area contributed by atoms with Gasteiger partial charge in [-0.3, -0.25) is 10.1 Å². The molecule has 2 N–H and O–H groups in total. The van der Waals surface area contributed by atoms with Crippen LogP contribution in [-0.2, 0) is 4.79 Å². The Morgan fingerprint density at radius 3 is 2.81 bits per heavy atom. The number of thioether (sulfide) groups is 1. The van der Waals surface area contributed by atoms with Crippen molar-refractivity contribution >= 4 is 23.8 Å². The van der Waals surface area contributed by atoms with E-state index in [0.717, 1.165) is 5.56 Å². The summed E-state index contributed by atoms with van der Waals surface area (Å²) in [5.41, 5.74) is 1.13. The van der Waals surface area contributed by atoms with E-state index in [1.54, 1.807) is 11.8 Å².